The Kier molecular flexibility index (Phi) is 3.59. The molecule has 0 amide bonds. The third kappa shape index (κ3) is 2.48. The third-order valence-corrected chi connectivity index (χ3v) is 3.48. The summed E-state index contributed by atoms with van der Waals surface area (Å²) < 4.78 is 5.32. The van der Waals surface area contributed by atoms with Crippen LogP contribution in [0.2, 0.25) is 5.02 Å². The van der Waals surface area contributed by atoms with Crippen LogP contribution in [0.3, 0.4) is 0 Å². The summed E-state index contributed by atoms with van der Waals surface area (Å²) >= 11 is 5.88. The highest BCUT2D eigenvalue weighted by molar-refractivity contribution is 6.30. The highest BCUT2D eigenvalue weighted by Gasteiger charge is 2.19. The SMILES string of the molecule is N#Cc1[nH]c(-c2ccc(Cl)cc2)nc1N1CCOCC1. The van der Waals surface area contributed by atoms with E-state index in [1.165, 1.54) is 0 Å². The Morgan fingerprint density at radius 1 is 1.25 bits per heavy atom. The number of rotatable bonds is 2. The molecule has 0 spiro atoms. The quantitative estimate of drug-likeness (QED) is 0.922. The number of hydrogen-bond acceptors (Lipinski definition) is 4. The summed E-state index contributed by atoms with van der Waals surface area (Å²) in [6, 6.07) is 9.54. The van der Waals surface area contributed by atoms with E-state index >= 15 is 0 Å². The lowest BCUT2D eigenvalue weighted by atomic mass is 10.2. The molecule has 0 saturated carbocycles. The predicted octanol–water partition coefficient (Wildman–Crippen LogP) is 2.44. The zero-order valence-electron chi connectivity index (χ0n) is 10.8. The minimum Gasteiger partial charge on any atom is -0.378 e. The van der Waals surface area contributed by atoms with Gasteiger partial charge in [0.15, 0.2) is 11.5 Å². The second-order valence-electron chi connectivity index (χ2n) is 4.50. The number of imidazole rings is 1. The second-order valence-corrected chi connectivity index (χ2v) is 4.94. The number of aromatic amines is 1. The van der Waals surface area contributed by atoms with Crippen LogP contribution in [0, 0.1) is 11.3 Å². The van der Waals surface area contributed by atoms with Crippen LogP contribution in [0.25, 0.3) is 11.4 Å². The van der Waals surface area contributed by atoms with Gasteiger partial charge in [0.25, 0.3) is 0 Å². The van der Waals surface area contributed by atoms with Crippen LogP contribution in [0.15, 0.2) is 24.3 Å². The van der Waals surface area contributed by atoms with Gasteiger partial charge in [-0.2, -0.15) is 5.26 Å². The highest BCUT2D eigenvalue weighted by Crippen LogP contribution is 2.25. The number of morpholine rings is 1. The minimum atomic E-state index is 0.483. The molecule has 1 aromatic carbocycles. The highest BCUT2D eigenvalue weighted by atomic mass is 35.5. The molecular formula is C14H13ClN4O. The first kappa shape index (κ1) is 13.0. The third-order valence-electron chi connectivity index (χ3n) is 3.22. The van der Waals surface area contributed by atoms with Crippen molar-refractivity contribution in [3.8, 4) is 17.5 Å². The van der Waals surface area contributed by atoms with Gasteiger partial charge in [-0.3, -0.25) is 0 Å². The Labute approximate surface area is 121 Å². The standard InChI is InChI=1S/C14H13ClN4O/c15-11-3-1-10(2-4-11)13-17-12(9-16)14(18-13)19-5-7-20-8-6-19/h1-4H,5-8H2,(H,17,18). The van der Waals surface area contributed by atoms with Crippen molar-refractivity contribution in [1.82, 2.24) is 9.97 Å². The fourth-order valence-corrected chi connectivity index (χ4v) is 2.32. The molecule has 102 valence electrons. The Balaban J connectivity index is 1.96. The Hall–Kier alpha value is -2.03. The molecule has 1 aromatic heterocycles. The van der Waals surface area contributed by atoms with E-state index in [4.69, 9.17) is 16.3 Å². The van der Waals surface area contributed by atoms with E-state index in [2.05, 4.69) is 20.9 Å². The zero-order chi connectivity index (χ0) is 13.9. The summed E-state index contributed by atoms with van der Waals surface area (Å²) in [6.07, 6.45) is 0. The van der Waals surface area contributed by atoms with Gasteiger partial charge in [-0.25, -0.2) is 4.98 Å². The number of nitriles is 1. The number of hydrogen-bond donors (Lipinski definition) is 1. The molecule has 0 atom stereocenters. The van der Waals surface area contributed by atoms with Crippen molar-refractivity contribution in [3.05, 3.63) is 35.0 Å². The second kappa shape index (κ2) is 5.53. The maximum atomic E-state index is 9.25. The lowest BCUT2D eigenvalue weighted by Crippen LogP contribution is -2.36. The van der Waals surface area contributed by atoms with Gasteiger partial charge in [-0.05, 0) is 24.3 Å². The number of anilines is 1. The van der Waals surface area contributed by atoms with Crippen LogP contribution in [-0.4, -0.2) is 36.3 Å². The molecule has 2 heterocycles. The number of H-pyrrole nitrogens is 1. The summed E-state index contributed by atoms with van der Waals surface area (Å²) in [5.74, 6) is 1.38. The molecule has 0 bridgehead atoms. The Morgan fingerprint density at radius 3 is 2.60 bits per heavy atom. The summed E-state index contributed by atoms with van der Waals surface area (Å²) in [7, 11) is 0. The van der Waals surface area contributed by atoms with E-state index in [1.807, 2.05) is 12.1 Å². The zero-order valence-corrected chi connectivity index (χ0v) is 11.5. The van der Waals surface area contributed by atoms with Gasteiger partial charge in [0, 0.05) is 23.7 Å². The molecule has 0 aliphatic carbocycles. The van der Waals surface area contributed by atoms with Crippen LogP contribution in [-0.2, 0) is 4.74 Å². The normalized spacial score (nSPS) is 15.1. The van der Waals surface area contributed by atoms with E-state index in [9.17, 15) is 5.26 Å². The van der Waals surface area contributed by atoms with Crippen molar-refractivity contribution in [2.45, 2.75) is 0 Å². The van der Waals surface area contributed by atoms with E-state index in [1.54, 1.807) is 12.1 Å². The molecule has 3 rings (SSSR count). The molecule has 1 aliphatic rings. The molecule has 5 nitrogen and oxygen atoms in total. The number of nitrogens with one attached hydrogen (secondary N) is 1. The van der Waals surface area contributed by atoms with E-state index < -0.39 is 0 Å². The first-order valence-corrected chi connectivity index (χ1v) is 6.74. The molecule has 20 heavy (non-hydrogen) atoms. The van der Waals surface area contributed by atoms with Crippen molar-refractivity contribution < 1.29 is 4.74 Å². The van der Waals surface area contributed by atoms with Gasteiger partial charge >= 0.3 is 0 Å². The number of aromatic nitrogens is 2. The maximum absolute atomic E-state index is 9.25. The lowest BCUT2D eigenvalue weighted by Gasteiger charge is -2.26. The monoisotopic (exact) mass is 288 g/mol. The van der Waals surface area contributed by atoms with Crippen LogP contribution in [0.1, 0.15) is 5.69 Å². The molecule has 2 aromatic rings. The van der Waals surface area contributed by atoms with Crippen LogP contribution < -0.4 is 4.90 Å². The Bertz CT molecular complexity index is 638. The van der Waals surface area contributed by atoms with Gasteiger partial charge < -0.3 is 14.6 Å². The summed E-state index contributed by atoms with van der Waals surface area (Å²) in [6.45, 7) is 2.82. The van der Waals surface area contributed by atoms with Gasteiger partial charge in [-0.1, -0.05) is 11.6 Å². The van der Waals surface area contributed by atoms with Crippen molar-refractivity contribution >= 4 is 17.4 Å². The Morgan fingerprint density at radius 2 is 1.95 bits per heavy atom. The fourth-order valence-electron chi connectivity index (χ4n) is 2.19. The van der Waals surface area contributed by atoms with E-state index in [0.29, 0.717) is 35.6 Å². The number of ether oxygens (including phenoxy) is 1. The van der Waals surface area contributed by atoms with Crippen molar-refractivity contribution in [2.24, 2.45) is 0 Å². The molecular weight excluding hydrogens is 276 g/mol. The van der Waals surface area contributed by atoms with E-state index in [-0.39, 0.29) is 0 Å². The van der Waals surface area contributed by atoms with Crippen LogP contribution >= 0.6 is 11.6 Å². The van der Waals surface area contributed by atoms with Gasteiger partial charge in [0.2, 0.25) is 0 Å². The lowest BCUT2D eigenvalue weighted by molar-refractivity contribution is 0.122. The van der Waals surface area contributed by atoms with Crippen molar-refractivity contribution in [2.75, 3.05) is 31.2 Å². The summed E-state index contributed by atoms with van der Waals surface area (Å²) in [5.41, 5.74) is 1.39. The van der Waals surface area contributed by atoms with E-state index in [0.717, 1.165) is 18.7 Å². The molecule has 0 radical (unpaired) electrons. The number of nitrogens with zero attached hydrogens (tertiary/aromatic N) is 3. The average Bonchev–Trinajstić information content (AvgIpc) is 2.93. The van der Waals surface area contributed by atoms with Gasteiger partial charge in [0.05, 0.1) is 13.2 Å². The number of benzene rings is 1. The largest absolute Gasteiger partial charge is 0.378 e. The molecule has 0 unspecified atom stereocenters. The van der Waals surface area contributed by atoms with Crippen molar-refractivity contribution in [1.29, 1.82) is 5.26 Å². The smallest absolute Gasteiger partial charge is 0.166 e. The first-order valence-electron chi connectivity index (χ1n) is 6.36. The average molecular weight is 289 g/mol. The molecule has 1 aliphatic heterocycles. The summed E-state index contributed by atoms with van der Waals surface area (Å²) in [4.78, 5) is 9.69. The minimum absolute atomic E-state index is 0.483. The van der Waals surface area contributed by atoms with Gasteiger partial charge in [-0.15, -0.1) is 0 Å². The molecule has 1 saturated heterocycles. The van der Waals surface area contributed by atoms with Crippen LogP contribution in [0.4, 0.5) is 5.82 Å². The first-order chi connectivity index (χ1) is 9.78. The van der Waals surface area contributed by atoms with Gasteiger partial charge in [0.1, 0.15) is 11.9 Å². The van der Waals surface area contributed by atoms with Crippen molar-refractivity contribution in [3.63, 3.8) is 0 Å². The molecule has 6 heteroatoms. The fraction of sp³-hybridized carbons (Fsp3) is 0.286. The predicted molar refractivity (Wildman–Crippen MR) is 76.8 cm³/mol. The maximum Gasteiger partial charge on any atom is 0.166 e. The van der Waals surface area contributed by atoms with Crippen LogP contribution in [0.5, 0.6) is 0 Å². The number of halogens is 1. The molecule has 1 fully saturated rings. The summed E-state index contributed by atoms with van der Waals surface area (Å²) in [5, 5.41) is 9.93. The molecule has 1 N–H and O–H groups in total. The topological polar surface area (TPSA) is 64.9 Å².